The normalized spacial score (nSPS) is 11.2. The molecule has 2 heterocycles. The van der Waals surface area contributed by atoms with Gasteiger partial charge in [0.05, 0.1) is 10.5 Å². The van der Waals surface area contributed by atoms with Crippen molar-refractivity contribution in [2.24, 2.45) is 0 Å². The summed E-state index contributed by atoms with van der Waals surface area (Å²) in [6.45, 7) is 0. The number of benzene rings is 1. The van der Waals surface area contributed by atoms with Crippen molar-refractivity contribution in [3.8, 4) is 11.5 Å². The Bertz CT molecular complexity index is 988. The molecule has 0 aliphatic carbocycles. The van der Waals surface area contributed by atoms with Crippen LogP contribution >= 0.6 is 0 Å². The molecule has 1 N–H and O–H groups in total. The fourth-order valence-corrected chi connectivity index (χ4v) is 3.07. The van der Waals surface area contributed by atoms with E-state index in [9.17, 15) is 17.6 Å². The average Bonchev–Trinajstić information content (AvgIpc) is 3.04. The molecule has 0 atom stereocenters. The summed E-state index contributed by atoms with van der Waals surface area (Å²) >= 11 is 0. The predicted molar refractivity (Wildman–Crippen MR) is 84.6 cm³/mol. The molecular weight excluding hydrogens is 351 g/mol. The van der Waals surface area contributed by atoms with E-state index in [1.54, 1.807) is 18.3 Å². The summed E-state index contributed by atoms with van der Waals surface area (Å²) in [5.41, 5.74) is 0.550. The molecule has 0 unspecified atom stereocenters. The van der Waals surface area contributed by atoms with E-state index in [4.69, 9.17) is 4.42 Å². The quantitative estimate of drug-likeness (QED) is 0.687. The predicted octanol–water partition coefficient (Wildman–Crippen LogP) is 1.68. The summed E-state index contributed by atoms with van der Waals surface area (Å²) in [5, 5.41) is 9.58. The number of halogens is 1. The lowest BCUT2D eigenvalue weighted by Gasteiger charge is -2.03. The number of sulfone groups is 1. The monoisotopic (exact) mass is 362 g/mol. The van der Waals surface area contributed by atoms with Crippen molar-refractivity contribution < 1.29 is 22.0 Å². The lowest BCUT2D eigenvalue weighted by Crippen LogP contribution is -2.23. The molecule has 0 bridgehead atoms. The van der Waals surface area contributed by atoms with Crippen molar-refractivity contribution >= 4 is 21.8 Å². The second kappa shape index (κ2) is 6.77. The van der Waals surface area contributed by atoms with E-state index in [1.807, 2.05) is 0 Å². The number of carbonyl (C=O) groups is 1. The van der Waals surface area contributed by atoms with Crippen LogP contribution in [0.25, 0.3) is 11.5 Å². The highest BCUT2D eigenvalue weighted by molar-refractivity contribution is 7.92. The molecule has 0 fully saturated rings. The van der Waals surface area contributed by atoms with Crippen LogP contribution in [0, 0.1) is 5.82 Å². The van der Waals surface area contributed by atoms with E-state index in [0.717, 1.165) is 24.3 Å². The summed E-state index contributed by atoms with van der Waals surface area (Å²) in [6, 6.07) is 7.30. The minimum Gasteiger partial charge on any atom is -0.403 e. The summed E-state index contributed by atoms with van der Waals surface area (Å²) in [4.78, 5) is 15.6. The fourth-order valence-electron chi connectivity index (χ4n) is 1.93. The maximum Gasteiger partial charge on any atom is 0.322 e. The van der Waals surface area contributed by atoms with Gasteiger partial charge < -0.3 is 4.42 Å². The molecule has 1 amide bonds. The lowest BCUT2D eigenvalue weighted by atomic mass is 10.3. The second-order valence-corrected chi connectivity index (χ2v) is 6.90. The van der Waals surface area contributed by atoms with Crippen molar-refractivity contribution in [2.75, 3.05) is 11.1 Å². The average molecular weight is 362 g/mol. The molecule has 3 rings (SSSR count). The molecule has 3 aromatic rings. The van der Waals surface area contributed by atoms with E-state index < -0.39 is 27.3 Å². The smallest absolute Gasteiger partial charge is 0.322 e. The maximum atomic E-state index is 12.9. The first-order chi connectivity index (χ1) is 11.9. The van der Waals surface area contributed by atoms with Crippen LogP contribution in [-0.4, -0.2) is 35.3 Å². The minimum absolute atomic E-state index is 0.129. The van der Waals surface area contributed by atoms with Crippen molar-refractivity contribution in [2.45, 2.75) is 4.90 Å². The zero-order valence-electron chi connectivity index (χ0n) is 12.6. The van der Waals surface area contributed by atoms with Crippen molar-refractivity contribution in [1.29, 1.82) is 0 Å². The number of hydrogen-bond acceptors (Lipinski definition) is 7. The number of anilines is 1. The van der Waals surface area contributed by atoms with E-state index in [1.165, 1.54) is 6.20 Å². The zero-order chi connectivity index (χ0) is 17.9. The molecule has 10 heteroatoms. The molecule has 0 spiro atoms. The molecule has 0 aliphatic rings. The van der Waals surface area contributed by atoms with E-state index in [-0.39, 0.29) is 16.8 Å². The molecule has 0 radical (unpaired) electrons. The number of aromatic nitrogens is 3. The number of amides is 1. The molecule has 2 aromatic heterocycles. The summed E-state index contributed by atoms with van der Waals surface area (Å²) in [7, 11) is -3.92. The number of carbonyl (C=O) groups excluding carboxylic acids is 1. The van der Waals surface area contributed by atoms with Gasteiger partial charge in [-0.1, -0.05) is 5.10 Å². The Labute approximate surface area is 141 Å². The van der Waals surface area contributed by atoms with Gasteiger partial charge in [0.1, 0.15) is 11.6 Å². The topological polar surface area (TPSA) is 115 Å². The highest BCUT2D eigenvalue weighted by atomic mass is 32.2. The third-order valence-electron chi connectivity index (χ3n) is 3.07. The standard InChI is InChI=1S/C15H11FN4O4S/c16-11-3-5-12(6-4-11)25(22,23)9-13(21)18-15-20-19-14(24-15)10-2-1-7-17-8-10/h1-8H,9H2,(H,18,20,21). The summed E-state index contributed by atoms with van der Waals surface area (Å²) < 4.78 is 42.3. The fraction of sp³-hybridized carbons (Fsp3) is 0.0667. The lowest BCUT2D eigenvalue weighted by molar-refractivity contribution is -0.114. The molecule has 128 valence electrons. The van der Waals surface area contributed by atoms with Crippen LogP contribution in [0.2, 0.25) is 0 Å². The molecular formula is C15H11FN4O4S. The highest BCUT2D eigenvalue weighted by Crippen LogP contribution is 2.18. The van der Waals surface area contributed by atoms with Crippen molar-refractivity contribution in [3.63, 3.8) is 0 Å². The highest BCUT2D eigenvalue weighted by Gasteiger charge is 2.21. The third-order valence-corrected chi connectivity index (χ3v) is 4.71. The van der Waals surface area contributed by atoms with Gasteiger partial charge in [0.2, 0.25) is 5.91 Å². The Morgan fingerprint density at radius 3 is 2.60 bits per heavy atom. The van der Waals surface area contributed by atoms with E-state index >= 15 is 0 Å². The summed E-state index contributed by atoms with van der Waals surface area (Å²) in [6.07, 6.45) is 3.07. The number of nitrogens with zero attached hydrogens (tertiary/aromatic N) is 3. The van der Waals surface area contributed by atoms with Crippen molar-refractivity contribution in [3.05, 3.63) is 54.6 Å². The maximum absolute atomic E-state index is 12.9. The van der Waals surface area contributed by atoms with Gasteiger partial charge in [-0.2, -0.15) is 0 Å². The van der Waals surface area contributed by atoms with Crippen LogP contribution < -0.4 is 5.32 Å². The van der Waals surface area contributed by atoms with Gasteiger partial charge in [0, 0.05) is 12.4 Å². The van der Waals surface area contributed by atoms with Crippen LogP contribution in [0.3, 0.4) is 0 Å². The van der Waals surface area contributed by atoms with Crippen LogP contribution in [0.1, 0.15) is 0 Å². The second-order valence-electron chi connectivity index (χ2n) is 4.92. The number of rotatable bonds is 5. The van der Waals surface area contributed by atoms with Crippen LogP contribution in [0.5, 0.6) is 0 Å². The van der Waals surface area contributed by atoms with Crippen LogP contribution in [-0.2, 0) is 14.6 Å². The van der Waals surface area contributed by atoms with Crippen molar-refractivity contribution in [1.82, 2.24) is 15.2 Å². The zero-order valence-corrected chi connectivity index (χ0v) is 13.4. The molecule has 0 saturated carbocycles. The Morgan fingerprint density at radius 1 is 1.16 bits per heavy atom. The Morgan fingerprint density at radius 2 is 1.92 bits per heavy atom. The van der Waals surface area contributed by atoms with Gasteiger partial charge in [-0.05, 0) is 36.4 Å². The van der Waals surface area contributed by atoms with Gasteiger partial charge in [0.15, 0.2) is 9.84 Å². The molecule has 8 nitrogen and oxygen atoms in total. The Balaban J connectivity index is 1.69. The Kier molecular flexibility index (Phi) is 4.52. The molecule has 0 aliphatic heterocycles. The number of pyridine rings is 1. The van der Waals surface area contributed by atoms with E-state index in [2.05, 4.69) is 20.5 Å². The molecule has 1 aromatic carbocycles. The third kappa shape index (κ3) is 4.04. The van der Waals surface area contributed by atoms with Gasteiger partial charge in [0.25, 0.3) is 5.89 Å². The first-order valence-corrected chi connectivity index (χ1v) is 8.61. The van der Waals surface area contributed by atoms with Gasteiger partial charge in [-0.15, -0.1) is 5.10 Å². The first kappa shape index (κ1) is 16.7. The Hall–Kier alpha value is -3.14. The van der Waals surface area contributed by atoms with Gasteiger partial charge in [-0.25, -0.2) is 12.8 Å². The van der Waals surface area contributed by atoms with Gasteiger partial charge >= 0.3 is 6.01 Å². The SMILES string of the molecule is O=C(CS(=O)(=O)c1ccc(F)cc1)Nc1nnc(-c2cccnc2)o1. The van der Waals surface area contributed by atoms with E-state index in [0.29, 0.717) is 5.56 Å². The van der Waals surface area contributed by atoms with Crippen LogP contribution in [0.4, 0.5) is 10.4 Å². The largest absolute Gasteiger partial charge is 0.403 e. The molecule has 25 heavy (non-hydrogen) atoms. The van der Waals surface area contributed by atoms with Crippen LogP contribution in [0.15, 0.2) is 58.1 Å². The first-order valence-electron chi connectivity index (χ1n) is 6.96. The molecule has 0 saturated heterocycles. The summed E-state index contributed by atoms with van der Waals surface area (Å²) in [5.74, 6) is -2.14. The number of hydrogen-bond donors (Lipinski definition) is 1. The number of nitrogens with one attached hydrogen (secondary N) is 1. The minimum atomic E-state index is -3.92. The van der Waals surface area contributed by atoms with Gasteiger partial charge in [-0.3, -0.25) is 15.1 Å².